The highest BCUT2D eigenvalue weighted by atomic mass is 35.5. The average molecular weight is 236 g/mol. The summed E-state index contributed by atoms with van der Waals surface area (Å²) in [6.07, 6.45) is 0. The number of rotatable bonds is 2. The minimum Gasteiger partial charge on any atom is -0.477 e. The third-order valence-electron chi connectivity index (χ3n) is 2.38. The average Bonchev–Trinajstić information content (AvgIpc) is 2.62. The molecule has 82 valence electrons. The van der Waals surface area contributed by atoms with Crippen molar-refractivity contribution in [3.05, 3.63) is 52.8 Å². The highest BCUT2D eigenvalue weighted by molar-refractivity contribution is 6.30. The molecule has 1 aromatic heterocycles. The summed E-state index contributed by atoms with van der Waals surface area (Å²) < 4.78 is 1.68. The van der Waals surface area contributed by atoms with Crippen molar-refractivity contribution in [1.29, 1.82) is 0 Å². The Morgan fingerprint density at radius 3 is 2.38 bits per heavy atom. The second-order valence-corrected chi connectivity index (χ2v) is 3.91. The summed E-state index contributed by atoms with van der Waals surface area (Å²) >= 11 is 5.79. The van der Waals surface area contributed by atoms with Crippen LogP contribution in [0, 0.1) is 6.92 Å². The molecule has 0 aliphatic carbocycles. The largest absolute Gasteiger partial charge is 0.477 e. The van der Waals surface area contributed by atoms with E-state index >= 15 is 0 Å². The minimum absolute atomic E-state index is 0.250. The Morgan fingerprint density at radius 2 is 1.81 bits per heavy atom. The van der Waals surface area contributed by atoms with E-state index in [1.807, 2.05) is 6.92 Å². The molecule has 0 atom stereocenters. The molecule has 0 aliphatic rings. The van der Waals surface area contributed by atoms with Crippen LogP contribution >= 0.6 is 11.6 Å². The maximum absolute atomic E-state index is 11.0. The van der Waals surface area contributed by atoms with E-state index in [1.165, 1.54) is 0 Å². The fraction of sp³-hybridized carbons (Fsp3) is 0.0833. The zero-order chi connectivity index (χ0) is 11.7. The van der Waals surface area contributed by atoms with Gasteiger partial charge in [0.15, 0.2) is 0 Å². The lowest BCUT2D eigenvalue weighted by atomic mass is 10.3. The number of hydrogen-bond acceptors (Lipinski definition) is 1. The van der Waals surface area contributed by atoms with E-state index in [4.69, 9.17) is 16.7 Å². The molecule has 16 heavy (non-hydrogen) atoms. The Balaban J connectivity index is 2.58. The number of aryl methyl sites for hydroxylation is 1. The zero-order valence-electron chi connectivity index (χ0n) is 8.64. The van der Waals surface area contributed by atoms with Crippen molar-refractivity contribution in [3.63, 3.8) is 0 Å². The molecule has 0 aliphatic heterocycles. The second-order valence-electron chi connectivity index (χ2n) is 3.48. The van der Waals surface area contributed by atoms with E-state index in [1.54, 1.807) is 41.0 Å². The van der Waals surface area contributed by atoms with Crippen LogP contribution in [-0.4, -0.2) is 15.6 Å². The molecule has 3 nitrogen and oxygen atoms in total. The van der Waals surface area contributed by atoms with Gasteiger partial charge in [0, 0.05) is 16.4 Å². The van der Waals surface area contributed by atoms with Crippen LogP contribution < -0.4 is 0 Å². The molecule has 0 unspecified atom stereocenters. The fourth-order valence-electron chi connectivity index (χ4n) is 1.64. The van der Waals surface area contributed by atoms with Gasteiger partial charge >= 0.3 is 5.97 Å². The first-order chi connectivity index (χ1) is 7.59. The molecule has 2 rings (SSSR count). The topological polar surface area (TPSA) is 42.2 Å². The predicted octanol–water partition coefficient (Wildman–Crippen LogP) is 3.14. The van der Waals surface area contributed by atoms with Crippen molar-refractivity contribution in [3.8, 4) is 5.69 Å². The number of benzene rings is 1. The smallest absolute Gasteiger partial charge is 0.352 e. The number of aromatic carboxylic acids is 1. The number of nitrogens with zero attached hydrogens (tertiary/aromatic N) is 1. The Morgan fingerprint density at radius 1 is 1.19 bits per heavy atom. The van der Waals surface area contributed by atoms with Gasteiger partial charge in [-0.25, -0.2) is 4.79 Å². The van der Waals surface area contributed by atoms with E-state index in [2.05, 4.69) is 0 Å². The number of halogens is 1. The first-order valence-corrected chi connectivity index (χ1v) is 5.15. The van der Waals surface area contributed by atoms with Crippen molar-refractivity contribution in [1.82, 2.24) is 4.57 Å². The highest BCUT2D eigenvalue weighted by Crippen LogP contribution is 2.19. The number of carboxylic acids is 1. The molecule has 0 radical (unpaired) electrons. The summed E-state index contributed by atoms with van der Waals surface area (Å²) in [5.74, 6) is -0.942. The molecule has 1 heterocycles. The lowest BCUT2D eigenvalue weighted by molar-refractivity contribution is 0.0688. The first kappa shape index (κ1) is 10.8. The minimum atomic E-state index is -0.942. The molecule has 2 aromatic rings. The summed E-state index contributed by atoms with van der Waals surface area (Å²) in [6, 6.07) is 10.4. The highest BCUT2D eigenvalue weighted by Gasteiger charge is 2.12. The number of carbonyl (C=O) groups is 1. The molecular formula is C12H10ClNO2. The van der Waals surface area contributed by atoms with E-state index in [0.717, 1.165) is 11.4 Å². The van der Waals surface area contributed by atoms with Crippen LogP contribution in [-0.2, 0) is 0 Å². The van der Waals surface area contributed by atoms with Crippen molar-refractivity contribution >= 4 is 17.6 Å². The monoisotopic (exact) mass is 235 g/mol. The SMILES string of the molecule is Cc1ccc(C(=O)O)n1-c1ccc(Cl)cc1. The lowest BCUT2D eigenvalue weighted by Crippen LogP contribution is -2.07. The third kappa shape index (κ3) is 1.82. The normalized spacial score (nSPS) is 10.4. The molecule has 0 amide bonds. The van der Waals surface area contributed by atoms with Crippen molar-refractivity contribution < 1.29 is 9.90 Å². The molecule has 4 heteroatoms. The molecule has 0 bridgehead atoms. The van der Waals surface area contributed by atoms with E-state index in [0.29, 0.717) is 5.02 Å². The quantitative estimate of drug-likeness (QED) is 0.869. The summed E-state index contributed by atoms with van der Waals surface area (Å²) in [6.45, 7) is 1.86. The molecule has 0 saturated carbocycles. The molecule has 0 saturated heterocycles. The summed E-state index contributed by atoms with van der Waals surface area (Å²) in [4.78, 5) is 11.0. The van der Waals surface area contributed by atoms with Gasteiger partial charge in [-0.05, 0) is 43.3 Å². The second kappa shape index (κ2) is 4.02. The van der Waals surface area contributed by atoms with Gasteiger partial charge in [-0.2, -0.15) is 0 Å². The molecular weight excluding hydrogens is 226 g/mol. The maximum Gasteiger partial charge on any atom is 0.352 e. The third-order valence-corrected chi connectivity index (χ3v) is 2.63. The van der Waals surface area contributed by atoms with Gasteiger partial charge in [0.2, 0.25) is 0 Å². The van der Waals surface area contributed by atoms with Crippen LogP contribution in [0.15, 0.2) is 36.4 Å². The standard InChI is InChI=1S/C12H10ClNO2/c1-8-2-7-11(12(15)16)14(8)10-5-3-9(13)4-6-10/h2-7H,1H3,(H,15,16). The van der Waals surface area contributed by atoms with Crippen LogP contribution in [0.25, 0.3) is 5.69 Å². The summed E-state index contributed by atoms with van der Waals surface area (Å²) in [5.41, 5.74) is 1.92. The number of carboxylic acid groups (broad SMARTS) is 1. The molecule has 0 spiro atoms. The fourth-order valence-corrected chi connectivity index (χ4v) is 1.76. The van der Waals surface area contributed by atoms with Crippen LogP contribution in [0.4, 0.5) is 0 Å². The zero-order valence-corrected chi connectivity index (χ0v) is 9.40. The number of hydrogen-bond donors (Lipinski definition) is 1. The van der Waals surface area contributed by atoms with Crippen molar-refractivity contribution in [2.24, 2.45) is 0 Å². The Hall–Kier alpha value is -1.74. The maximum atomic E-state index is 11.0. The van der Waals surface area contributed by atoms with Crippen LogP contribution in [0.1, 0.15) is 16.2 Å². The van der Waals surface area contributed by atoms with Crippen molar-refractivity contribution in [2.75, 3.05) is 0 Å². The van der Waals surface area contributed by atoms with Gasteiger partial charge in [0.25, 0.3) is 0 Å². The van der Waals surface area contributed by atoms with Gasteiger partial charge in [-0.3, -0.25) is 0 Å². The summed E-state index contributed by atoms with van der Waals surface area (Å²) in [7, 11) is 0. The lowest BCUT2D eigenvalue weighted by Gasteiger charge is -2.09. The van der Waals surface area contributed by atoms with Gasteiger partial charge in [-0.15, -0.1) is 0 Å². The van der Waals surface area contributed by atoms with Crippen LogP contribution in [0.5, 0.6) is 0 Å². The van der Waals surface area contributed by atoms with E-state index in [-0.39, 0.29) is 5.69 Å². The van der Waals surface area contributed by atoms with Gasteiger partial charge in [0.1, 0.15) is 5.69 Å². The Labute approximate surface area is 97.9 Å². The predicted molar refractivity (Wildman–Crippen MR) is 62.5 cm³/mol. The Bertz CT molecular complexity index is 528. The first-order valence-electron chi connectivity index (χ1n) is 4.77. The summed E-state index contributed by atoms with van der Waals surface area (Å²) in [5, 5.41) is 9.68. The molecule has 0 fully saturated rings. The van der Waals surface area contributed by atoms with Gasteiger partial charge in [0.05, 0.1) is 0 Å². The van der Waals surface area contributed by atoms with Gasteiger partial charge in [-0.1, -0.05) is 11.6 Å². The number of aromatic nitrogens is 1. The molecule has 1 aromatic carbocycles. The molecule has 1 N–H and O–H groups in total. The van der Waals surface area contributed by atoms with Crippen molar-refractivity contribution in [2.45, 2.75) is 6.92 Å². The van der Waals surface area contributed by atoms with Crippen LogP contribution in [0.3, 0.4) is 0 Å². The Kier molecular flexibility index (Phi) is 2.71. The van der Waals surface area contributed by atoms with Gasteiger partial charge < -0.3 is 9.67 Å². The van der Waals surface area contributed by atoms with Crippen LogP contribution in [0.2, 0.25) is 5.02 Å². The van der Waals surface area contributed by atoms with E-state index < -0.39 is 5.97 Å². The van der Waals surface area contributed by atoms with E-state index in [9.17, 15) is 4.79 Å².